The lowest BCUT2D eigenvalue weighted by molar-refractivity contribution is 0.415. The Labute approximate surface area is 205 Å². The molecule has 0 saturated carbocycles. The molecule has 2 heterocycles. The van der Waals surface area contributed by atoms with Gasteiger partial charge in [-0.15, -0.1) is 0 Å². The van der Waals surface area contributed by atoms with Crippen molar-refractivity contribution in [2.24, 2.45) is 7.05 Å². The molecule has 0 aliphatic carbocycles. The second-order valence-corrected chi connectivity index (χ2v) is 9.08. The molecule has 0 aliphatic heterocycles. The smallest absolute Gasteiger partial charge is 0.336 e. The van der Waals surface area contributed by atoms with Crippen molar-refractivity contribution in [3.05, 3.63) is 103 Å². The van der Waals surface area contributed by atoms with Gasteiger partial charge in [0.15, 0.2) is 0 Å². The Morgan fingerprint density at radius 2 is 1.74 bits per heavy atom. The molecule has 0 bridgehead atoms. The quantitative estimate of drug-likeness (QED) is 0.351. The van der Waals surface area contributed by atoms with E-state index in [1.165, 1.54) is 12.1 Å². The van der Waals surface area contributed by atoms with Gasteiger partial charge in [-0.25, -0.2) is 13.8 Å². The summed E-state index contributed by atoms with van der Waals surface area (Å²) < 4.78 is 23.7. The summed E-state index contributed by atoms with van der Waals surface area (Å²) in [5.74, 6) is -0.0119. The van der Waals surface area contributed by atoms with Gasteiger partial charge in [0, 0.05) is 12.4 Å². The molecule has 0 fully saturated rings. The third kappa shape index (κ3) is 3.63. The number of ether oxygens (including phenoxy) is 1. The first-order valence-electron chi connectivity index (χ1n) is 11.0. The molecular weight excluding hydrogens is 469 g/mol. The molecule has 3 aromatic carbocycles. The normalized spacial score (nSPS) is 11.5. The van der Waals surface area contributed by atoms with Gasteiger partial charge in [0.05, 0.1) is 35.4 Å². The van der Waals surface area contributed by atoms with Crippen LogP contribution in [-0.4, -0.2) is 20.8 Å². The number of nitrogens with zero attached hydrogens (tertiary/aromatic N) is 3. The van der Waals surface area contributed by atoms with Gasteiger partial charge in [0.1, 0.15) is 17.1 Å². The number of fused-ring (bicyclic) bond motifs is 3. The molecular formula is C27H23ClFN3O3. The van der Waals surface area contributed by atoms with Crippen molar-refractivity contribution in [3.63, 3.8) is 0 Å². The molecule has 0 atom stereocenters. The molecule has 0 amide bonds. The van der Waals surface area contributed by atoms with E-state index in [1.54, 1.807) is 23.3 Å². The monoisotopic (exact) mass is 491 g/mol. The lowest BCUT2D eigenvalue weighted by Crippen LogP contribution is -2.39. The Balaban J connectivity index is 1.95. The van der Waals surface area contributed by atoms with Gasteiger partial charge in [-0.2, -0.15) is 0 Å². The van der Waals surface area contributed by atoms with Crippen LogP contribution >= 0.6 is 11.6 Å². The van der Waals surface area contributed by atoms with Crippen molar-refractivity contribution < 1.29 is 9.13 Å². The highest BCUT2D eigenvalue weighted by Crippen LogP contribution is 2.30. The average molecular weight is 492 g/mol. The molecule has 0 saturated heterocycles. The van der Waals surface area contributed by atoms with E-state index < -0.39 is 17.1 Å². The van der Waals surface area contributed by atoms with E-state index >= 15 is 0 Å². The van der Waals surface area contributed by atoms with Gasteiger partial charge in [0.2, 0.25) is 0 Å². The van der Waals surface area contributed by atoms with Gasteiger partial charge in [-0.05, 0) is 61.4 Å². The Morgan fingerprint density at radius 3 is 2.46 bits per heavy atom. The van der Waals surface area contributed by atoms with Gasteiger partial charge in [-0.1, -0.05) is 35.4 Å². The van der Waals surface area contributed by atoms with Crippen molar-refractivity contribution in [2.45, 2.75) is 20.4 Å². The molecule has 0 radical (unpaired) electrons. The van der Waals surface area contributed by atoms with E-state index in [0.29, 0.717) is 16.8 Å². The molecule has 0 unspecified atom stereocenters. The van der Waals surface area contributed by atoms with Crippen molar-refractivity contribution in [3.8, 4) is 11.4 Å². The number of aromatic nitrogens is 3. The van der Waals surface area contributed by atoms with Crippen molar-refractivity contribution in [1.82, 2.24) is 13.7 Å². The molecule has 2 aromatic heterocycles. The van der Waals surface area contributed by atoms with E-state index in [-0.39, 0.29) is 17.3 Å². The summed E-state index contributed by atoms with van der Waals surface area (Å²) in [6.45, 7) is 4.22. The SMILES string of the molecule is COc1ccc2c(c1)c1c(c(=O)n(-c3ccc(F)c(Cl)c3)c(=O)n1Cc1cc(C)ccc1C)n2C. The van der Waals surface area contributed by atoms with Crippen LogP contribution in [0.3, 0.4) is 0 Å². The lowest BCUT2D eigenvalue weighted by atomic mass is 10.1. The fourth-order valence-corrected chi connectivity index (χ4v) is 4.77. The maximum Gasteiger partial charge on any atom is 0.336 e. The summed E-state index contributed by atoms with van der Waals surface area (Å²) in [5, 5.41) is 0.558. The van der Waals surface area contributed by atoms with Crippen LogP contribution in [-0.2, 0) is 13.6 Å². The third-order valence-electron chi connectivity index (χ3n) is 6.47. The summed E-state index contributed by atoms with van der Waals surface area (Å²) in [6, 6.07) is 15.4. The minimum Gasteiger partial charge on any atom is -0.497 e. The first-order valence-corrected chi connectivity index (χ1v) is 11.4. The summed E-state index contributed by atoms with van der Waals surface area (Å²) in [6.07, 6.45) is 0. The second kappa shape index (κ2) is 8.43. The fourth-order valence-electron chi connectivity index (χ4n) is 4.60. The zero-order valence-electron chi connectivity index (χ0n) is 19.7. The maximum absolute atomic E-state index is 14.0. The Bertz CT molecular complexity index is 1760. The summed E-state index contributed by atoms with van der Waals surface area (Å²) in [5.41, 5.74) is 3.83. The average Bonchev–Trinajstić information content (AvgIpc) is 3.13. The molecule has 6 nitrogen and oxygen atoms in total. The molecule has 0 spiro atoms. The summed E-state index contributed by atoms with van der Waals surface area (Å²) in [7, 11) is 3.36. The van der Waals surface area contributed by atoms with Gasteiger partial charge >= 0.3 is 5.69 Å². The number of methoxy groups -OCH3 is 1. The molecule has 0 aliphatic rings. The number of rotatable bonds is 4. The Morgan fingerprint density at radius 1 is 0.971 bits per heavy atom. The highest BCUT2D eigenvalue weighted by molar-refractivity contribution is 6.30. The van der Waals surface area contributed by atoms with Crippen molar-refractivity contribution in [2.75, 3.05) is 7.11 Å². The second-order valence-electron chi connectivity index (χ2n) is 8.68. The number of hydrogen-bond donors (Lipinski definition) is 0. The highest BCUT2D eigenvalue weighted by Gasteiger charge is 2.22. The predicted molar refractivity (Wildman–Crippen MR) is 137 cm³/mol. The molecule has 35 heavy (non-hydrogen) atoms. The van der Waals surface area contributed by atoms with Crippen LogP contribution in [0.5, 0.6) is 5.75 Å². The highest BCUT2D eigenvalue weighted by atomic mass is 35.5. The zero-order valence-corrected chi connectivity index (χ0v) is 20.5. The summed E-state index contributed by atoms with van der Waals surface area (Å²) >= 11 is 6.00. The van der Waals surface area contributed by atoms with E-state index in [4.69, 9.17) is 16.3 Å². The van der Waals surface area contributed by atoms with Crippen LogP contribution in [0.2, 0.25) is 5.02 Å². The third-order valence-corrected chi connectivity index (χ3v) is 6.76. The van der Waals surface area contributed by atoms with Crippen LogP contribution in [0.4, 0.5) is 4.39 Å². The van der Waals surface area contributed by atoms with Gasteiger partial charge < -0.3 is 9.30 Å². The van der Waals surface area contributed by atoms with Gasteiger partial charge in [0.25, 0.3) is 5.56 Å². The largest absolute Gasteiger partial charge is 0.497 e. The van der Waals surface area contributed by atoms with Crippen LogP contribution in [0.1, 0.15) is 16.7 Å². The van der Waals surface area contributed by atoms with E-state index in [0.717, 1.165) is 38.2 Å². The van der Waals surface area contributed by atoms with E-state index in [9.17, 15) is 14.0 Å². The zero-order chi connectivity index (χ0) is 25.0. The van der Waals surface area contributed by atoms with Crippen molar-refractivity contribution >= 4 is 33.5 Å². The predicted octanol–water partition coefficient (Wildman–Crippen LogP) is 5.11. The standard InChI is InChI=1S/C27H23ClFN3O3/c1-15-5-6-16(2)17(11-15)14-31-24-20-13-19(35-4)8-10-23(20)30(3)25(24)26(33)32(27(31)34)18-7-9-22(29)21(28)12-18/h5-13H,14H2,1-4H3. The fraction of sp³-hybridized carbons (Fsp3) is 0.185. The van der Waals surface area contributed by atoms with Crippen LogP contribution in [0.25, 0.3) is 27.6 Å². The first-order chi connectivity index (χ1) is 16.7. The molecule has 5 rings (SSSR count). The Hall–Kier alpha value is -3.84. The molecule has 0 N–H and O–H groups in total. The summed E-state index contributed by atoms with van der Waals surface area (Å²) in [4.78, 5) is 27.7. The lowest BCUT2D eigenvalue weighted by Gasteiger charge is -2.15. The topological polar surface area (TPSA) is 58.2 Å². The van der Waals surface area contributed by atoms with Crippen molar-refractivity contribution in [1.29, 1.82) is 0 Å². The maximum atomic E-state index is 14.0. The molecule has 5 aromatic rings. The van der Waals surface area contributed by atoms with Crippen LogP contribution < -0.4 is 16.0 Å². The number of hydrogen-bond acceptors (Lipinski definition) is 3. The molecule has 178 valence electrons. The van der Waals surface area contributed by atoms with Crippen LogP contribution in [0, 0.1) is 19.7 Å². The van der Waals surface area contributed by atoms with E-state index in [2.05, 4.69) is 0 Å². The Kier molecular flexibility index (Phi) is 5.52. The van der Waals surface area contributed by atoms with E-state index in [1.807, 2.05) is 50.2 Å². The van der Waals surface area contributed by atoms with Gasteiger partial charge in [-0.3, -0.25) is 9.36 Å². The number of aryl methyl sites for hydroxylation is 3. The molecule has 8 heteroatoms. The minimum absolute atomic E-state index is 0.170. The number of halogens is 2. The number of benzene rings is 3. The van der Waals surface area contributed by atoms with Crippen LogP contribution in [0.15, 0.2) is 64.2 Å². The minimum atomic E-state index is -0.628. The first kappa shape index (κ1) is 22.9.